The first kappa shape index (κ1) is 16.0. The number of aliphatic carboxylic acids is 1. The van der Waals surface area contributed by atoms with E-state index in [0.29, 0.717) is 0 Å². The molecule has 0 saturated heterocycles. The molecule has 0 aliphatic heterocycles. The number of carbonyl (C=O) groups is 2. The highest BCUT2D eigenvalue weighted by Crippen LogP contribution is 2.17. The number of nitrogens with one attached hydrogen (secondary N) is 1. The van der Waals surface area contributed by atoms with Gasteiger partial charge < -0.3 is 15.2 Å². The van der Waals surface area contributed by atoms with Gasteiger partial charge in [0.1, 0.15) is 0 Å². The van der Waals surface area contributed by atoms with Crippen LogP contribution in [-0.2, 0) is 9.53 Å². The van der Waals surface area contributed by atoms with Crippen LogP contribution in [0.4, 0.5) is 10.5 Å². The summed E-state index contributed by atoms with van der Waals surface area (Å²) in [6.07, 6.45) is -0.688. The van der Waals surface area contributed by atoms with Crippen LogP contribution in [0.15, 0.2) is 24.3 Å². The standard InChI is InChI=1S/C14H20N2O4/c1-10-6-4-5-7-12(10)16(2)14(19)15-9-11(20-3)8-13(17)18/h4-7,11H,8-9H2,1-3H3,(H,15,19)(H,17,18). The first-order valence-corrected chi connectivity index (χ1v) is 6.27. The molecule has 6 nitrogen and oxygen atoms in total. The summed E-state index contributed by atoms with van der Waals surface area (Å²) >= 11 is 0. The van der Waals surface area contributed by atoms with Crippen molar-refractivity contribution in [2.75, 3.05) is 25.6 Å². The van der Waals surface area contributed by atoms with Crippen LogP contribution in [0.2, 0.25) is 0 Å². The molecule has 0 bridgehead atoms. The molecule has 6 heteroatoms. The van der Waals surface area contributed by atoms with Gasteiger partial charge in [-0.3, -0.25) is 9.69 Å². The number of carbonyl (C=O) groups excluding carboxylic acids is 1. The summed E-state index contributed by atoms with van der Waals surface area (Å²) in [5.41, 5.74) is 1.79. The van der Waals surface area contributed by atoms with Gasteiger partial charge in [-0.05, 0) is 18.6 Å². The van der Waals surface area contributed by atoms with Crippen LogP contribution in [0.1, 0.15) is 12.0 Å². The first-order valence-electron chi connectivity index (χ1n) is 6.27. The maximum Gasteiger partial charge on any atom is 0.321 e. The monoisotopic (exact) mass is 280 g/mol. The van der Waals surface area contributed by atoms with Crippen molar-refractivity contribution in [1.82, 2.24) is 5.32 Å². The fraction of sp³-hybridized carbons (Fsp3) is 0.429. The van der Waals surface area contributed by atoms with Gasteiger partial charge in [0.2, 0.25) is 0 Å². The Morgan fingerprint density at radius 1 is 1.40 bits per heavy atom. The maximum atomic E-state index is 12.0. The van der Waals surface area contributed by atoms with Crippen molar-refractivity contribution in [3.63, 3.8) is 0 Å². The lowest BCUT2D eigenvalue weighted by atomic mass is 10.2. The molecule has 1 atom stereocenters. The first-order chi connectivity index (χ1) is 9.45. The lowest BCUT2D eigenvalue weighted by Gasteiger charge is -2.21. The van der Waals surface area contributed by atoms with Crippen LogP contribution in [0.25, 0.3) is 0 Å². The van der Waals surface area contributed by atoms with E-state index in [9.17, 15) is 9.59 Å². The number of aryl methyl sites for hydroxylation is 1. The summed E-state index contributed by atoms with van der Waals surface area (Å²) in [5, 5.41) is 11.4. The Labute approximate surface area is 118 Å². The number of nitrogens with zero attached hydrogens (tertiary/aromatic N) is 1. The Bertz CT molecular complexity index is 476. The minimum Gasteiger partial charge on any atom is -0.481 e. The van der Waals surface area contributed by atoms with Crippen LogP contribution in [0, 0.1) is 6.92 Å². The second kappa shape index (κ2) is 7.49. The number of rotatable bonds is 6. The zero-order chi connectivity index (χ0) is 15.1. The second-order valence-electron chi connectivity index (χ2n) is 4.49. The van der Waals surface area contributed by atoms with Crippen LogP contribution < -0.4 is 10.2 Å². The molecule has 0 aliphatic carbocycles. The average molecular weight is 280 g/mol. The molecule has 2 amide bonds. The van der Waals surface area contributed by atoms with Crippen LogP contribution in [0.3, 0.4) is 0 Å². The fourth-order valence-electron chi connectivity index (χ4n) is 1.80. The topological polar surface area (TPSA) is 78.9 Å². The summed E-state index contributed by atoms with van der Waals surface area (Å²) < 4.78 is 5.01. The molecule has 1 unspecified atom stereocenters. The Balaban J connectivity index is 2.58. The molecule has 0 aromatic heterocycles. The molecule has 1 rings (SSSR count). The third-order valence-corrected chi connectivity index (χ3v) is 3.00. The van der Waals surface area contributed by atoms with Crippen LogP contribution in [-0.4, -0.2) is 43.9 Å². The highest BCUT2D eigenvalue weighted by Gasteiger charge is 2.16. The van der Waals surface area contributed by atoms with Crippen molar-refractivity contribution in [2.45, 2.75) is 19.4 Å². The lowest BCUT2D eigenvalue weighted by molar-refractivity contribution is -0.139. The Morgan fingerprint density at radius 2 is 2.05 bits per heavy atom. The predicted octanol–water partition coefficient (Wildman–Crippen LogP) is 1.63. The van der Waals surface area contributed by atoms with Gasteiger partial charge in [0.25, 0.3) is 0 Å². The van der Waals surface area contributed by atoms with E-state index in [1.807, 2.05) is 31.2 Å². The van der Waals surface area contributed by atoms with Crippen molar-refractivity contribution < 1.29 is 19.4 Å². The van der Waals surface area contributed by atoms with Gasteiger partial charge in [-0.15, -0.1) is 0 Å². The number of carboxylic acids is 1. The van der Waals surface area contributed by atoms with Crippen molar-refractivity contribution in [2.24, 2.45) is 0 Å². The molecule has 20 heavy (non-hydrogen) atoms. The van der Waals surface area contributed by atoms with Crippen molar-refractivity contribution in [3.8, 4) is 0 Å². The van der Waals surface area contributed by atoms with Gasteiger partial charge in [-0.2, -0.15) is 0 Å². The molecule has 0 saturated carbocycles. The number of urea groups is 1. The largest absolute Gasteiger partial charge is 0.481 e. The number of carboxylic acid groups (broad SMARTS) is 1. The summed E-state index contributed by atoms with van der Waals surface area (Å²) in [7, 11) is 3.08. The summed E-state index contributed by atoms with van der Waals surface area (Å²) in [4.78, 5) is 24.1. The third kappa shape index (κ3) is 4.55. The minimum absolute atomic E-state index is 0.148. The zero-order valence-electron chi connectivity index (χ0n) is 11.9. The Kier molecular flexibility index (Phi) is 5.99. The average Bonchev–Trinajstić information content (AvgIpc) is 2.42. The fourth-order valence-corrected chi connectivity index (χ4v) is 1.80. The lowest BCUT2D eigenvalue weighted by Crippen LogP contribution is -2.42. The van der Waals surface area contributed by atoms with Gasteiger partial charge in [-0.1, -0.05) is 18.2 Å². The molecule has 0 fully saturated rings. The number of anilines is 1. The number of hydrogen-bond donors (Lipinski definition) is 2. The summed E-state index contributed by atoms with van der Waals surface area (Å²) in [6, 6.07) is 7.22. The number of para-hydroxylation sites is 1. The Morgan fingerprint density at radius 3 is 2.60 bits per heavy atom. The predicted molar refractivity (Wildman–Crippen MR) is 76.0 cm³/mol. The molecule has 0 aliphatic rings. The number of hydrogen-bond acceptors (Lipinski definition) is 3. The molecule has 0 radical (unpaired) electrons. The molecular weight excluding hydrogens is 260 g/mol. The smallest absolute Gasteiger partial charge is 0.321 e. The minimum atomic E-state index is -0.960. The normalized spacial score (nSPS) is 11.8. The van der Waals surface area contributed by atoms with Crippen molar-refractivity contribution in [1.29, 1.82) is 0 Å². The van der Waals surface area contributed by atoms with Crippen molar-refractivity contribution >= 4 is 17.7 Å². The molecular formula is C14H20N2O4. The maximum absolute atomic E-state index is 12.0. The number of benzene rings is 1. The van der Waals surface area contributed by atoms with E-state index < -0.39 is 12.1 Å². The molecule has 2 N–H and O–H groups in total. The van der Waals surface area contributed by atoms with E-state index in [2.05, 4.69) is 5.32 Å². The number of amides is 2. The van der Waals surface area contributed by atoms with Gasteiger partial charge in [0, 0.05) is 26.4 Å². The Hall–Kier alpha value is -2.08. The van der Waals surface area contributed by atoms with Gasteiger partial charge in [0.15, 0.2) is 0 Å². The van der Waals surface area contributed by atoms with E-state index >= 15 is 0 Å². The van der Waals surface area contributed by atoms with Gasteiger partial charge in [0.05, 0.1) is 12.5 Å². The second-order valence-corrected chi connectivity index (χ2v) is 4.49. The number of ether oxygens (including phenoxy) is 1. The van der Waals surface area contributed by atoms with Gasteiger partial charge >= 0.3 is 12.0 Å². The van der Waals surface area contributed by atoms with Crippen molar-refractivity contribution in [3.05, 3.63) is 29.8 Å². The quantitative estimate of drug-likeness (QED) is 0.830. The molecule has 0 heterocycles. The zero-order valence-corrected chi connectivity index (χ0v) is 11.9. The summed E-state index contributed by atoms with van der Waals surface area (Å²) in [6.45, 7) is 2.07. The SMILES string of the molecule is COC(CNC(=O)N(C)c1ccccc1C)CC(=O)O. The van der Waals surface area contributed by atoms with Crippen LogP contribution >= 0.6 is 0 Å². The van der Waals surface area contributed by atoms with E-state index in [0.717, 1.165) is 11.3 Å². The highest BCUT2D eigenvalue weighted by atomic mass is 16.5. The molecule has 1 aromatic rings. The van der Waals surface area contributed by atoms with Gasteiger partial charge in [-0.25, -0.2) is 4.79 Å². The van der Waals surface area contributed by atoms with E-state index in [1.54, 1.807) is 7.05 Å². The molecule has 110 valence electrons. The summed E-state index contributed by atoms with van der Waals surface area (Å²) in [5.74, 6) is -0.960. The molecule has 0 spiro atoms. The molecule has 1 aromatic carbocycles. The van der Waals surface area contributed by atoms with Crippen LogP contribution in [0.5, 0.6) is 0 Å². The van der Waals surface area contributed by atoms with E-state index in [-0.39, 0.29) is 19.0 Å². The highest BCUT2D eigenvalue weighted by molar-refractivity contribution is 5.92. The number of methoxy groups -OCH3 is 1. The van der Waals surface area contributed by atoms with E-state index in [1.165, 1.54) is 12.0 Å². The third-order valence-electron chi connectivity index (χ3n) is 3.00. The van der Waals surface area contributed by atoms with E-state index in [4.69, 9.17) is 9.84 Å².